The first-order valence-electron chi connectivity index (χ1n) is 11.5. The fourth-order valence-electron chi connectivity index (χ4n) is 4.63. The smallest absolute Gasteiger partial charge is 0.234 e. The predicted octanol–water partition coefficient (Wildman–Crippen LogP) is 6.69. The molecule has 1 fully saturated rings. The third-order valence-electron chi connectivity index (χ3n) is 6.68. The van der Waals surface area contributed by atoms with Gasteiger partial charge in [0.1, 0.15) is 5.84 Å². The lowest BCUT2D eigenvalue weighted by molar-refractivity contribution is -0.138. The number of benzene rings is 2. The Kier molecular flexibility index (Phi) is 7.63. The molecule has 0 unspecified atom stereocenters. The maximum absolute atomic E-state index is 13.6. The minimum atomic E-state index is -0.301. The summed E-state index contributed by atoms with van der Waals surface area (Å²) in [5, 5.41) is 18.0. The van der Waals surface area contributed by atoms with Crippen LogP contribution in [0, 0.1) is 22.2 Å². The van der Waals surface area contributed by atoms with Crippen molar-refractivity contribution in [2.45, 2.75) is 71.8 Å². The minimum absolute atomic E-state index is 0.132. The van der Waals surface area contributed by atoms with Crippen molar-refractivity contribution >= 4 is 11.7 Å². The molecule has 2 aromatic carbocycles. The van der Waals surface area contributed by atoms with Gasteiger partial charge in [0.25, 0.3) is 0 Å². The van der Waals surface area contributed by atoms with Gasteiger partial charge >= 0.3 is 0 Å². The van der Waals surface area contributed by atoms with Gasteiger partial charge in [0, 0.05) is 11.8 Å². The molecule has 4 heteroatoms. The summed E-state index contributed by atoms with van der Waals surface area (Å²) >= 11 is 0. The minimum Gasteiger partial charge on any atom is -0.296 e. The molecule has 1 N–H and O–H groups in total. The number of nitriles is 1. The average molecular weight is 416 g/mol. The fourth-order valence-corrected chi connectivity index (χ4v) is 4.63. The van der Waals surface area contributed by atoms with Crippen LogP contribution in [-0.4, -0.2) is 16.6 Å². The summed E-state index contributed by atoms with van der Waals surface area (Å²) in [6.07, 6.45) is 7.48. The van der Waals surface area contributed by atoms with Crippen LogP contribution in [0.4, 0.5) is 0 Å². The van der Waals surface area contributed by atoms with E-state index in [0.717, 1.165) is 61.6 Å². The van der Waals surface area contributed by atoms with Gasteiger partial charge in [-0.1, -0.05) is 75.6 Å². The highest BCUT2D eigenvalue weighted by molar-refractivity contribution is 5.99. The van der Waals surface area contributed by atoms with Crippen LogP contribution >= 0.6 is 0 Å². The predicted molar refractivity (Wildman–Crippen MR) is 126 cm³/mol. The molecule has 31 heavy (non-hydrogen) atoms. The second-order valence-electron chi connectivity index (χ2n) is 8.64. The number of carbonyl (C=O) groups is 1. The van der Waals surface area contributed by atoms with E-state index in [-0.39, 0.29) is 11.3 Å². The van der Waals surface area contributed by atoms with Gasteiger partial charge in [0.2, 0.25) is 5.91 Å². The molecule has 162 valence electrons. The van der Waals surface area contributed by atoms with Gasteiger partial charge in [-0.3, -0.25) is 15.1 Å². The molecule has 4 nitrogen and oxygen atoms in total. The Bertz CT molecular complexity index is 949. The van der Waals surface area contributed by atoms with Gasteiger partial charge in [0.15, 0.2) is 0 Å². The highest BCUT2D eigenvalue weighted by Gasteiger charge is 2.42. The summed E-state index contributed by atoms with van der Waals surface area (Å²) in [7, 11) is 0. The maximum atomic E-state index is 13.6. The number of nitrogens with zero attached hydrogens (tertiary/aromatic N) is 2. The second-order valence-corrected chi connectivity index (χ2v) is 8.64. The summed E-state index contributed by atoms with van der Waals surface area (Å²) in [4.78, 5) is 15.4. The number of hydrogen-bond donors (Lipinski definition) is 1. The lowest BCUT2D eigenvalue weighted by atomic mass is 9.81. The van der Waals surface area contributed by atoms with E-state index in [1.807, 2.05) is 48.5 Å². The molecule has 3 rings (SSSR count). The molecule has 1 aliphatic carbocycles. The van der Waals surface area contributed by atoms with E-state index in [9.17, 15) is 10.1 Å². The van der Waals surface area contributed by atoms with Crippen molar-refractivity contribution in [2.24, 2.45) is 5.41 Å². The van der Waals surface area contributed by atoms with Gasteiger partial charge in [-0.25, -0.2) is 0 Å². The molecule has 2 aromatic rings. The molecular weight excluding hydrogens is 382 g/mol. The number of amidine groups is 1. The van der Waals surface area contributed by atoms with Crippen molar-refractivity contribution in [3.63, 3.8) is 0 Å². The summed E-state index contributed by atoms with van der Waals surface area (Å²) in [6, 6.07) is 17.9. The Morgan fingerprint density at radius 1 is 1.10 bits per heavy atom. The van der Waals surface area contributed by atoms with E-state index in [4.69, 9.17) is 5.41 Å². The number of amides is 1. The molecule has 0 saturated heterocycles. The number of hydrogen-bond acceptors (Lipinski definition) is 3. The Hall–Kier alpha value is -2.93. The molecule has 1 amide bonds. The van der Waals surface area contributed by atoms with E-state index < -0.39 is 0 Å². The van der Waals surface area contributed by atoms with E-state index in [1.54, 1.807) is 4.90 Å². The highest BCUT2D eigenvalue weighted by Crippen LogP contribution is 2.43. The monoisotopic (exact) mass is 415 g/mol. The summed E-state index contributed by atoms with van der Waals surface area (Å²) in [6.45, 7) is 4.66. The van der Waals surface area contributed by atoms with E-state index in [0.29, 0.717) is 24.4 Å². The van der Waals surface area contributed by atoms with E-state index in [2.05, 4.69) is 19.9 Å². The zero-order valence-corrected chi connectivity index (χ0v) is 18.8. The Balaban J connectivity index is 1.84. The van der Waals surface area contributed by atoms with Crippen molar-refractivity contribution in [3.8, 4) is 17.2 Å². The Morgan fingerprint density at radius 3 is 2.39 bits per heavy atom. The SMILES string of the molecule is CCCCC(=N)N(Cc1ccc(-c2ccccc2C#N)cc1)C(=O)C1(CC)CCCC1. The normalized spacial score (nSPS) is 14.7. The third kappa shape index (κ3) is 5.05. The standard InChI is InChI=1S/C27H33N3O/c1-3-5-12-25(29)30(26(31)27(4-2)17-8-9-18-27)20-21-13-15-22(16-14-21)24-11-7-6-10-23(24)19-28/h6-7,10-11,13-16,29H,3-5,8-9,12,17-18,20H2,1-2H3. The highest BCUT2D eigenvalue weighted by atomic mass is 16.2. The van der Waals surface area contributed by atoms with Crippen LogP contribution in [0.3, 0.4) is 0 Å². The molecule has 0 atom stereocenters. The molecule has 1 aliphatic rings. The molecule has 0 aliphatic heterocycles. The van der Waals surface area contributed by atoms with Crippen LogP contribution < -0.4 is 0 Å². The summed E-state index contributed by atoms with van der Waals surface area (Å²) < 4.78 is 0. The Morgan fingerprint density at radius 2 is 1.77 bits per heavy atom. The number of nitrogens with one attached hydrogen (secondary N) is 1. The lowest BCUT2D eigenvalue weighted by Crippen LogP contribution is -2.45. The molecule has 0 radical (unpaired) electrons. The molecule has 0 spiro atoms. The number of unbranched alkanes of at least 4 members (excludes halogenated alkanes) is 1. The van der Waals surface area contributed by atoms with Crippen molar-refractivity contribution in [1.82, 2.24) is 4.90 Å². The molecular formula is C27H33N3O. The maximum Gasteiger partial charge on any atom is 0.234 e. The van der Waals surface area contributed by atoms with Crippen molar-refractivity contribution in [2.75, 3.05) is 0 Å². The number of rotatable bonds is 8. The first-order chi connectivity index (χ1) is 15.0. The van der Waals surface area contributed by atoms with Crippen LogP contribution in [0.5, 0.6) is 0 Å². The largest absolute Gasteiger partial charge is 0.296 e. The van der Waals surface area contributed by atoms with Crippen LogP contribution in [0.15, 0.2) is 48.5 Å². The molecule has 1 saturated carbocycles. The van der Waals surface area contributed by atoms with Crippen molar-refractivity contribution in [3.05, 3.63) is 59.7 Å². The summed E-state index contributed by atoms with van der Waals surface area (Å²) in [5.41, 5.74) is 3.26. The quantitative estimate of drug-likeness (QED) is 0.385. The summed E-state index contributed by atoms with van der Waals surface area (Å²) in [5.74, 6) is 0.568. The van der Waals surface area contributed by atoms with Crippen molar-refractivity contribution < 1.29 is 4.79 Å². The average Bonchev–Trinajstić information content (AvgIpc) is 3.31. The topological polar surface area (TPSA) is 68.0 Å². The van der Waals surface area contributed by atoms with Gasteiger partial charge in [-0.05, 0) is 48.4 Å². The third-order valence-corrected chi connectivity index (χ3v) is 6.68. The van der Waals surface area contributed by atoms with Gasteiger partial charge in [-0.2, -0.15) is 5.26 Å². The molecule has 0 bridgehead atoms. The molecule has 0 heterocycles. The molecule has 0 aromatic heterocycles. The van der Waals surface area contributed by atoms with Gasteiger partial charge in [0.05, 0.1) is 18.2 Å². The second kappa shape index (κ2) is 10.4. The lowest BCUT2D eigenvalue weighted by Gasteiger charge is -2.34. The zero-order chi connectivity index (χ0) is 22.3. The van der Waals surface area contributed by atoms with Crippen LogP contribution in [0.1, 0.15) is 76.3 Å². The zero-order valence-electron chi connectivity index (χ0n) is 18.8. The number of carbonyl (C=O) groups excluding carboxylic acids is 1. The first kappa shape index (κ1) is 22.7. The first-order valence-corrected chi connectivity index (χ1v) is 11.5. The fraction of sp³-hybridized carbons (Fsp3) is 0.444. The van der Waals surface area contributed by atoms with Gasteiger partial charge in [-0.15, -0.1) is 0 Å². The van der Waals surface area contributed by atoms with Crippen LogP contribution in [0.2, 0.25) is 0 Å². The van der Waals surface area contributed by atoms with E-state index >= 15 is 0 Å². The van der Waals surface area contributed by atoms with E-state index in [1.165, 1.54) is 0 Å². The van der Waals surface area contributed by atoms with Crippen molar-refractivity contribution in [1.29, 1.82) is 10.7 Å². The van der Waals surface area contributed by atoms with Gasteiger partial charge < -0.3 is 0 Å². The van der Waals surface area contributed by atoms with Crippen LogP contribution in [0.25, 0.3) is 11.1 Å². The Labute approximate surface area is 186 Å². The van der Waals surface area contributed by atoms with Crippen LogP contribution in [-0.2, 0) is 11.3 Å².